The average molecular weight is 775 g/mol. The van der Waals surface area contributed by atoms with Crippen LogP contribution in [-0.4, -0.2) is 21.4 Å². The molecule has 5 aliphatic carbocycles. The molecule has 4 heterocycles. The lowest BCUT2D eigenvalue weighted by atomic mass is 9.80. The molecule has 16 bridgehead atoms. The zero-order valence-electron chi connectivity index (χ0n) is 33.9. The highest BCUT2D eigenvalue weighted by Crippen LogP contribution is 2.52. The lowest BCUT2D eigenvalue weighted by Crippen LogP contribution is -2.24. The molecule has 60 heavy (non-hydrogen) atoms. The molecule has 7 aliphatic rings. The molecule has 0 spiro atoms. The van der Waals surface area contributed by atoms with Crippen molar-refractivity contribution in [3.05, 3.63) is 194 Å². The highest BCUT2D eigenvalue weighted by molar-refractivity contribution is 6.35. The van der Waals surface area contributed by atoms with Crippen molar-refractivity contribution in [1.82, 2.24) is 9.97 Å². The third-order valence-electron chi connectivity index (χ3n) is 14.3. The van der Waals surface area contributed by atoms with E-state index in [1.165, 1.54) is 128 Å². The Morgan fingerprint density at radius 2 is 0.783 bits per heavy atom. The monoisotopic (exact) mass is 774 g/mol. The quantitative estimate of drug-likeness (QED) is 0.179. The van der Waals surface area contributed by atoms with Gasteiger partial charge in [0.05, 0.1) is 33.9 Å². The molecular formula is C56H46N4. The molecule has 2 aromatic heterocycles. The molecule has 4 aromatic carbocycles. The largest absolute Gasteiger partial charge is 0.354 e. The van der Waals surface area contributed by atoms with Crippen LogP contribution in [0.5, 0.6) is 0 Å². The molecule has 2 aliphatic heterocycles. The Morgan fingerprint density at radius 1 is 0.333 bits per heavy atom. The Morgan fingerprint density at radius 3 is 1.40 bits per heavy atom. The van der Waals surface area contributed by atoms with E-state index in [9.17, 15) is 0 Å². The molecule has 13 rings (SSSR count). The predicted octanol–water partition coefficient (Wildman–Crippen LogP) is 11.9. The summed E-state index contributed by atoms with van der Waals surface area (Å²) >= 11 is 0. The van der Waals surface area contributed by atoms with E-state index < -0.39 is 0 Å². The van der Waals surface area contributed by atoms with E-state index in [0.29, 0.717) is 0 Å². The van der Waals surface area contributed by atoms with E-state index >= 15 is 0 Å². The summed E-state index contributed by atoms with van der Waals surface area (Å²) in [5, 5.41) is 2.57. The third kappa shape index (κ3) is 5.03. The number of aromatic amines is 2. The summed E-state index contributed by atoms with van der Waals surface area (Å²) in [4.78, 5) is 20.4. The second kappa shape index (κ2) is 13.5. The normalized spacial score (nSPS) is 19.1. The molecule has 4 nitrogen and oxygen atoms in total. The first kappa shape index (κ1) is 34.4. The van der Waals surface area contributed by atoms with Crippen molar-refractivity contribution in [2.24, 2.45) is 9.98 Å². The van der Waals surface area contributed by atoms with Crippen molar-refractivity contribution >= 4 is 39.3 Å². The summed E-state index contributed by atoms with van der Waals surface area (Å²) in [6, 6.07) is 44.7. The van der Waals surface area contributed by atoms with Gasteiger partial charge < -0.3 is 9.97 Å². The maximum atomic E-state index is 5.92. The van der Waals surface area contributed by atoms with Crippen LogP contribution in [-0.2, 0) is 12.8 Å². The van der Waals surface area contributed by atoms with Gasteiger partial charge in [0, 0.05) is 55.6 Å². The van der Waals surface area contributed by atoms with Gasteiger partial charge in [-0.1, -0.05) is 121 Å². The highest BCUT2D eigenvalue weighted by Gasteiger charge is 2.39. The van der Waals surface area contributed by atoms with Gasteiger partial charge in [0.15, 0.2) is 0 Å². The summed E-state index contributed by atoms with van der Waals surface area (Å²) in [5.41, 5.74) is 28.9. The number of hydrogen-bond acceptors (Lipinski definition) is 2. The number of nitrogens with zero attached hydrogens (tertiary/aromatic N) is 2. The second-order valence-electron chi connectivity index (χ2n) is 17.6. The van der Waals surface area contributed by atoms with Crippen LogP contribution in [0.4, 0.5) is 0 Å². The van der Waals surface area contributed by atoms with Crippen LogP contribution in [0.2, 0.25) is 0 Å². The van der Waals surface area contributed by atoms with Crippen molar-refractivity contribution in [1.29, 1.82) is 0 Å². The maximum Gasteiger partial charge on any atom is 0.0772 e. The molecule has 0 amide bonds. The van der Waals surface area contributed by atoms with Crippen molar-refractivity contribution in [3.63, 3.8) is 0 Å². The van der Waals surface area contributed by atoms with Crippen molar-refractivity contribution in [2.45, 2.75) is 77.0 Å². The Hall–Kier alpha value is -6.52. The number of hydrogen-bond donors (Lipinski definition) is 2. The molecule has 0 unspecified atom stereocenters. The zero-order chi connectivity index (χ0) is 39.3. The molecule has 4 heteroatoms. The Balaban J connectivity index is 1.23. The van der Waals surface area contributed by atoms with Gasteiger partial charge in [0.2, 0.25) is 0 Å². The number of nitrogens with one attached hydrogen (secondary N) is 2. The second-order valence-corrected chi connectivity index (χ2v) is 17.6. The minimum atomic E-state index is 0.971. The minimum Gasteiger partial charge on any atom is -0.354 e. The number of fused-ring (bicyclic) bond motifs is 5. The molecule has 0 atom stereocenters. The van der Waals surface area contributed by atoms with Gasteiger partial charge in [-0.15, -0.1) is 0 Å². The van der Waals surface area contributed by atoms with Crippen LogP contribution in [0.3, 0.4) is 0 Å². The highest BCUT2D eigenvalue weighted by atomic mass is 14.9. The SMILES string of the molecule is c1ccc(C2=C3CCCC4=c5[nH]c6c(c5-c5ccccc5)CCCC=6c5[nH]c6c(c5-c5ccccc5)CCCC6=C5N=C6C(=C2N=C34)CCCC6=C5c2ccccc2)cc1. The van der Waals surface area contributed by atoms with Crippen molar-refractivity contribution in [2.75, 3.05) is 0 Å². The number of aromatic nitrogens is 2. The Bertz CT molecular complexity index is 3140. The van der Waals surface area contributed by atoms with Crippen LogP contribution >= 0.6 is 0 Å². The fourth-order valence-corrected chi connectivity index (χ4v) is 11.9. The molecule has 0 radical (unpaired) electrons. The Labute approximate surface area is 351 Å². The maximum absolute atomic E-state index is 5.92. The number of rotatable bonds is 4. The average Bonchev–Trinajstić information content (AvgIpc) is 4.10. The molecule has 6 aromatic rings. The van der Waals surface area contributed by atoms with Crippen LogP contribution in [0, 0.1) is 0 Å². The van der Waals surface area contributed by atoms with Crippen molar-refractivity contribution in [3.8, 4) is 22.3 Å². The first-order valence-corrected chi connectivity index (χ1v) is 22.4. The topological polar surface area (TPSA) is 56.3 Å². The first-order valence-electron chi connectivity index (χ1n) is 22.4. The number of aliphatic imine (C=N–C) groups is 2. The van der Waals surface area contributed by atoms with E-state index in [2.05, 4.69) is 131 Å². The summed E-state index contributed by atoms with van der Waals surface area (Å²) in [6.45, 7) is 0. The van der Waals surface area contributed by atoms with Crippen LogP contribution in [0.25, 0.3) is 50.1 Å². The van der Waals surface area contributed by atoms with E-state index in [-0.39, 0.29) is 0 Å². The molecule has 290 valence electrons. The summed E-state index contributed by atoms with van der Waals surface area (Å²) in [5.74, 6) is 0. The third-order valence-corrected chi connectivity index (χ3v) is 14.3. The molecular weight excluding hydrogens is 729 g/mol. The van der Waals surface area contributed by atoms with Crippen LogP contribution < -0.4 is 10.7 Å². The Kier molecular flexibility index (Phi) is 7.73. The molecule has 2 saturated carbocycles. The van der Waals surface area contributed by atoms with E-state index in [0.717, 1.165) is 82.7 Å². The standard InChI is InChI=1S/C56H46N4/c1-5-17-33(18-6-1)45-37-25-13-30-42-49(37)57-53(45)41-29-14-26-38-46(34-19-7-2-8-20-34)55(58-50(38)41)43-31-16-28-40-48(36-23-11-4-12-24-36)56(60-52(40)43)44-32-15-27-39-47(54(42)59-51(39)44)35-21-9-3-10-22-35/h1-12,17-24,57-58H,13-16,25-32H2. The van der Waals surface area contributed by atoms with Crippen molar-refractivity contribution < 1.29 is 0 Å². The van der Waals surface area contributed by atoms with E-state index in [1.807, 2.05) is 0 Å². The van der Waals surface area contributed by atoms with Gasteiger partial charge in [-0.25, -0.2) is 9.98 Å². The number of benzene rings is 4. The fourth-order valence-electron chi connectivity index (χ4n) is 11.9. The molecule has 0 saturated heterocycles. The summed E-state index contributed by atoms with van der Waals surface area (Å²) in [6.07, 6.45) is 12.5. The first-order chi connectivity index (χ1) is 29.8. The van der Waals surface area contributed by atoms with Gasteiger partial charge >= 0.3 is 0 Å². The smallest absolute Gasteiger partial charge is 0.0772 e. The van der Waals surface area contributed by atoms with Gasteiger partial charge in [0.25, 0.3) is 0 Å². The zero-order valence-corrected chi connectivity index (χ0v) is 33.9. The lowest BCUT2D eigenvalue weighted by Gasteiger charge is -2.22. The van der Waals surface area contributed by atoms with E-state index in [1.54, 1.807) is 0 Å². The predicted molar refractivity (Wildman–Crippen MR) is 247 cm³/mol. The van der Waals surface area contributed by atoms with Crippen LogP contribution in [0.1, 0.15) is 97.8 Å². The molecule has 2 N–H and O–H groups in total. The summed E-state index contributed by atoms with van der Waals surface area (Å²) < 4.78 is 0. The minimum absolute atomic E-state index is 0.971. The summed E-state index contributed by atoms with van der Waals surface area (Å²) in [7, 11) is 0. The van der Waals surface area contributed by atoms with E-state index in [4.69, 9.17) is 9.98 Å². The molecule has 2 fully saturated rings. The van der Waals surface area contributed by atoms with Crippen LogP contribution in [0.15, 0.2) is 159 Å². The number of H-pyrrole nitrogens is 2. The lowest BCUT2D eigenvalue weighted by molar-refractivity contribution is 0.811. The van der Waals surface area contributed by atoms with Gasteiger partial charge in [-0.05, 0) is 122 Å². The fraction of sp³-hybridized carbons (Fsp3) is 0.214. The van der Waals surface area contributed by atoms with Gasteiger partial charge in [-0.3, -0.25) is 0 Å². The van der Waals surface area contributed by atoms with Gasteiger partial charge in [-0.2, -0.15) is 0 Å². The van der Waals surface area contributed by atoms with Gasteiger partial charge in [0.1, 0.15) is 0 Å². The number of allylic oxidation sites excluding steroid dienone is 6.